The number of halogens is 3. The molecule has 1 aromatic carbocycles. The van der Waals surface area contributed by atoms with Gasteiger partial charge in [-0.3, -0.25) is 4.79 Å². The molecule has 0 N–H and O–H groups in total. The van der Waals surface area contributed by atoms with E-state index in [4.69, 9.17) is 11.6 Å². The van der Waals surface area contributed by atoms with Crippen LogP contribution < -0.4 is 0 Å². The lowest BCUT2D eigenvalue weighted by molar-refractivity contribution is -0.113. The van der Waals surface area contributed by atoms with Crippen LogP contribution in [-0.4, -0.2) is 5.24 Å². The third kappa shape index (κ3) is 1.32. The number of rotatable bonds is 2. The Morgan fingerprint density at radius 2 is 1.93 bits per heavy atom. The molecule has 1 nitrogen and oxygen atoms in total. The fraction of sp³-hybridized carbons (Fsp3) is 0.300. The highest BCUT2D eigenvalue weighted by atomic mass is 35.5. The molecule has 0 aromatic heterocycles. The maximum Gasteiger partial charge on any atom is 0.232 e. The summed E-state index contributed by atoms with van der Waals surface area (Å²) in [6.07, 6.45) is 1.22. The Hall–Kier alpha value is -0.960. The molecule has 0 radical (unpaired) electrons. The summed E-state index contributed by atoms with van der Waals surface area (Å²) in [4.78, 5) is 11.1. The third-order valence-electron chi connectivity index (χ3n) is 2.60. The predicted octanol–water partition coefficient (Wildman–Crippen LogP) is 2.76. The summed E-state index contributed by atoms with van der Waals surface area (Å²) in [7, 11) is 0. The molecular weight excluding hydrogens is 210 g/mol. The zero-order chi connectivity index (χ0) is 10.3. The predicted molar refractivity (Wildman–Crippen MR) is 48.1 cm³/mol. The van der Waals surface area contributed by atoms with Crippen molar-refractivity contribution < 1.29 is 13.6 Å². The number of hydrogen-bond donors (Lipinski definition) is 0. The van der Waals surface area contributed by atoms with Crippen molar-refractivity contribution in [2.45, 2.75) is 18.3 Å². The van der Waals surface area contributed by atoms with Gasteiger partial charge in [-0.15, -0.1) is 0 Å². The van der Waals surface area contributed by atoms with Crippen molar-refractivity contribution in [2.24, 2.45) is 0 Å². The van der Waals surface area contributed by atoms with Gasteiger partial charge < -0.3 is 0 Å². The molecule has 1 aromatic rings. The Bertz CT molecular complexity index is 399. The number of carbonyl (C=O) groups is 1. The highest BCUT2D eigenvalue weighted by Gasteiger charge is 2.50. The summed E-state index contributed by atoms with van der Waals surface area (Å²) in [5.74, 6) is -1.85. The smallest absolute Gasteiger partial charge is 0.232 e. The molecule has 14 heavy (non-hydrogen) atoms. The maximum absolute atomic E-state index is 12.9. The van der Waals surface area contributed by atoms with E-state index in [1.54, 1.807) is 0 Å². The van der Waals surface area contributed by atoms with Gasteiger partial charge in [0.1, 0.15) is 0 Å². The molecule has 1 saturated carbocycles. The third-order valence-corrected chi connectivity index (χ3v) is 2.96. The average Bonchev–Trinajstić information content (AvgIpc) is 2.90. The normalized spacial score (nSPS) is 17.9. The van der Waals surface area contributed by atoms with E-state index in [1.807, 2.05) is 0 Å². The Balaban J connectivity index is 2.43. The van der Waals surface area contributed by atoms with Crippen molar-refractivity contribution in [3.8, 4) is 0 Å². The summed E-state index contributed by atoms with van der Waals surface area (Å²) < 4.78 is 25.5. The van der Waals surface area contributed by atoms with Gasteiger partial charge in [0.15, 0.2) is 11.6 Å². The molecule has 0 bridgehead atoms. The van der Waals surface area contributed by atoms with E-state index in [2.05, 4.69) is 0 Å². The number of carbonyl (C=O) groups excluding carboxylic acids is 1. The lowest BCUT2D eigenvalue weighted by atomic mass is 9.97. The largest absolute Gasteiger partial charge is 0.280 e. The lowest BCUT2D eigenvalue weighted by Gasteiger charge is -2.09. The lowest BCUT2D eigenvalue weighted by Crippen LogP contribution is -2.15. The molecule has 0 spiro atoms. The van der Waals surface area contributed by atoms with E-state index in [9.17, 15) is 13.6 Å². The zero-order valence-electron chi connectivity index (χ0n) is 7.19. The average molecular weight is 217 g/mol. The Morgan fingerprint density at radius 3 is 2.36 bits per heavy atom. The van der Waals surface area contributed by atoms with Gasteiger partial charge in [-0.05, 0) is 42.1 Å². The fourth-order valence-corrected chi connectivity index (χ4v) is 1.82. The first kappa shape index (κ1) is 9.59. The molecule has 0 aliphatic heterocycles. The second-order valence-corrected chi connectivity index (χ2v) is 3.83. The van der Waals surface area contributed by atoms with E-state index in [0.717, 1.165) is 12.1 Å². The van der Waals surface area contributed by atoms with Crippen LogP contribution in [0.4, 0.5) is 8.78 Å². The van der Waals surface area contributed by atoms with Crippen molar-refractivity contribution in [1.29, 1.82) is 0 Å². The van der Waals surface area contributed by atoms with E-state index < -0.39 is 22.3 Å². The number of hydrogen-bond acceptors (Lipinski definition) is 1. The molecule has 0 heterocycles. The summed E-state index contributed by atoms with van der Waals surface area (Å²) in [6.45, 7) is 0. The van der Waals surface area contributed by atoms with Crippen LogP contribution in [0.2, 0.25) is 0 Å². The SMILES string of the molecule is O=C(Cl)C1(c2ccc(F)c(F)c2)CC1. The molecule has 1 aliphatic carbocycles. The second kappa shape index (κ2) is 3.02. The van der Waals surface area contributed by atoms with E-state index >= 15 is 0 Å². The Kier molecular flexibility index (Phi) is 2.07. The van der Waals surface area contributed by atoms with Crippen LogP contribution in [0, 0.1) is 11.6 Å². The highest BCUT2D eigenvalue weighted by molar-refractivity contribution is 6.66. The first-order valence-electron chi connectivity index (χ1n) is 4.22. The van der Waals surface area contributed by atoms with E-state index in [0.29, 0.717) is 18.4 Å². The molecule has 1 fully saturated rings. The molecule has 4 heteroatoms. The fourth-order valence-electron chi connectivity index (χ4n) is 1.52. The van der Waals surface area contributed by atoms with Crippen LogP contribution in [0.5, 0.6) is 0 Å². The van der Waals surface area contributed by atoms with Crippen molar-refractivity contribution in [3.05, 3.63) is 35.4 Å². The monoisotopic (exact) mass is 216 g/mol. The highest BCUT2D eigenvalue weighted by Crippen LogP contribution is 2.50. The van der Waals surface area contributed by atoms with Crippen LogP contribution in [0.1, 0.15) is 18.4 Å². The van der Waals surface area contributed by atoms with Crippen LogP contribution in [0.25, 0.3) is 0 Å². The molecule has 0 amide bonds. The second-order valence-electron chi connectivity index (χ2n) is 3.48. The first-order chi connectivity index (χ1) is 6.56. The molecule has 74 valence electrons. The first-order valence-corrected chi connectivity index (χ1v) is 4.59. The summed E-state index contributed by atoms with van der Waals surface area (Å²) in [6, 6.07) is 3.47. The van der Waals surface area contributed by atoms with Gasteiger partial charge in [-0.2, -0.15) is 0 Å². The van der Waals surface area contributed by atoms with Gasteiger partial charge in [0, 0.05) is 0 Å². The van der Waals surface area contributed by atoms with Gasteiger partial charge >= 0.3 is 0 Å². The van der Waals surface area contributed by atoms with Crippen molar-refractivity contribution in [1.82, 2.24) is 0 Å². The molecule has 0 saturated heterocycles. The van der Waals surface area contributed by atoms with Crippen LogP contribution >= 0.6 is 11.6 Å². The number of benzene rings is 1. The molecule has 0 atom stereocenters. The minimum Gasteiger partial charge on any atom is -0.280 e. The minimum absolute atomic E-state index is 0.469. The summed E-state index contributed by atoms with van der Waals surface area (Å²) in [5, 5.41) is -0.497. The van der Waals surface area contributed by atoms with Crippen molar-refractivity contribution >= 4 is 16.8 Å². The Labute approximate surface area is 84.7 Å². The van der Waals surface area contributed by atoms with Gasteiger partial charge in [-0.25, -0.2) is 8.78 Å². The van der Waals surface area contributed by atoms with Crippen LogP contribution in [0.3, 0.4) is 0 Å². The molecule has 0 unspecified atom stereocenters. The molecular formula is C10H7ClF2O. The minimum atomic E-state index is -0.938. The van der Waals surface area contributed by atoms with E-state index in [1.165, 1.54) is 6.07 Å². The molecule has 1 aliphatic rings. The van der Waals surface area contributed by atoms with Gasteiger partial charge in [0.2, 0.25) is 5.24 Å². The van der Waals surface area contributed by atoms with Gasteiger partial charge in [0.05, 0.1) is 5.41 Å². The summed E-state index contributed by atoms with van der Waals surface area (Å²) in [5.41, 5.74) is -0.285. The van der Waals surface area contributed by atoms with Crippen LogP contribution in [0.15, 0.2) is 18.2 Å². The maximum atomic E-state index is 12.9. The quantitative estimate of drug-likeness (QED) is 0.695. The van der Waals surface area contributed by atoms with Crippen molar-refractivity contribution in [3.63, 3.8) is 0 Å². The van der Waals surface area contributed by atoms with Crippen molar-refractivity contribution in [2.75, 3.05) is 0 Å². The molecule has 2 rings (SSSR count). The zero-order valence-corrected chi connectivity index (χ0v) is 7.94. The Morgan fingerprint density at radius 1 is 1.29 bits per heavy atom. The van der Waals surface area contributed by atoms with Gasteiger partial charge in [-0.1, -0.05) is 6.07 Å². The topological polar surface area (TPSA) is 17.1 Å². The summed E-state index contributed by atoms with van der Waals surface area (Å²) >= 11 is 5.40. The van der Waals surface area contributed by atoms with E-state index in [-0.39, 0.29) is 0 Å². The standard InChI is InChI=1S/C10H7ClF2O/c11-9(14)10(3-4-10)6-1-2-7(12)8(13)5-6/h1-2,5H,3-4H2. The van der Waals surface area contributed by atoms with Crippen LogP contribution in [-0.2, 0) is 10.2 Å². The van der Waals surface area contributed by atoms with Gasteiger partial charge in [0.25, 0.3) is 0 Å².